The number of halogens is 1. The second-order valence-electron chi connectivity index (χ2n) is 6.74. The maximum atomic E-state index is 12.6. The number of carbonyl (C=O) groups is 1. The number of amides is 1. The van der Waals surface area contributed by atoms with Crippen molar-refractivity contribution in [1.82, 2.24) is 10.3 Å². The van der Waals surface area contributed by atoms with Crippen LogP contribution in [0.2, 0.25) is 5.02 Å². The van der Waals surface area contributed by atoms with E-state index in [1.165, 1.54) is 22.2 Å². The van der Waals surface area contributed by atoms with Crippen LogP contribution in [-0.4, -0.2) is 17.4 Å². The second kappa shape index (κ2) is 6.93. The van der Waals surface area contributed by atoms with E-state index in [1.807, 2.05) is 30.3 Å². The Morgan fingerprint density at radius 3 is 2.96 bits per heavy atom. The molecular weight excluding hydrogens is 332 g/mol. The third-order valence-electron chi connectivity index (χ3n) is 5.07. The molecule has 1 aliphatic carbocycles. The molecule has 4 heteroatoms. The number of para-hydroxylation sites is 1. The Bertz CT molecular complexity index is 915. The Balaban J connectivity index is 1.38. The van der Waals surface area contributed by atoms with Gasteiger partial charge in [0.25, 0.3) is 0 Å². The molecule has 3 aromatic rings. The topological polar surface area (TPSA) is 44.9 Å². The molecule has 2 aromatic carbocycles. The minimum atomic E-state index is 0.0612. The van der Waals surface area contributed by atoms with Crippen LogP contribution in [0.4, 0.5) is 0 Å². The highest BCUT2D eigenvalue weighted by molar-refractivity contribution is 6.30. The number of H-pyrrole nitrogens is 1. The predicted octanol–water partition coefficient (Wildman–Crippen LogP) is 4.29. The summed E-state index contributed by atoms with van der Waals surface area (Å²) in [4.78, 5) is 16.1. The molecule has 1 aromatic heterocycles. The van der Waals surface area contributed by atoms with Gasteiger partial charge in [-0.3, -0.25) is 4.79 Å². The number of aromatic nitrogens is 1. The number of benzene rings is 2. The lowest BCUT2D eigenvalue weighted by molar-refractivity contribution is -0.125. The molecule has 25 heavy (non-hydrogen) atoms. The summed E-state index contributed by atoms with van der Waals surface area (Å²) in [7, 11) is 0. The van der Waals surface area contributed by atoms with Gasteiger partial charge < -0.3 is 10.3 Å². The molecule has 128 valence electrons. The van der Waals surface area contributed by atoms with E-state index in [0.29, 0.717) is 6.54 Å². The first kappa shape index (κ1) is 16.2. The molecule has 1 unspecified atom stereocenters. The molecule has 0 fully saturated rings. The molecule has 1 aliphatic rings. The first-order chi connectivity index (χ1) is 12.2. The number of fused-ring (bicyclic) bond motifs is 3. The van der Waals surface area contributed by atoms with Crippen LogP contribution in [0.25, 0.3) is 10.9 Å². The van der Waals surface area contributed by atoms with E-state index in [4.69, 9.17) is 11.6 Å². The Morgan fingerprint density at radius 1 is 1.20 bits per heavy atom. The second-order valence-corrected chi connectivity index (χ2v) is 7.17. The number of aryl methyl sites for hydroxylation is 1. The van der Waals surface area contributed by atoms with E-state index >= 15 is 0 Å². The monoisotopic (exact) mass is 352 g/mol. The van der Waals surface area contributed by atoms with Crippen LogP contribution in [0.1, 0.15) is 23.2 Å². The summed E-state index contributed by atoms with van der Waals surface area (Å²) in [5.41, 5.74) is 4.94. The van der Waals surface area contributed by atoms with E-state index in [2.05, 4.69) is 28.5 Å². The van der Waals surface area contributed by atoms with E-state index in [0.717, 1.165) is 36.3 Å². The Morgan fingerprint density at radius 2 is 2.08 bits per heavy atom. The lowest BCUT2D eigenvalue weighted by atomic mass is 9.86. The van der Waals surface area contributed by atoms with Crippen molar-refractivity contribution in [2.75, 3.05) is 6.54 Å². The van der Waals surface area contributed by atoms with Crippen LogP contribution in [0.5, 0.6) is 0 Å². The van der Waals surface area contributed by atoms with Gasteiger partial charge >= 0.3 is 0 Å². The summed E-state index contributed by atoms with van der Waals surface area (Å²) in [6, 6.07) is 16.2. The van der Waals surface area contributed by atoms with Gasteiger partial charge in [0.1, 0.15) is 0 Å². The maximum Gasteiger partial charge on any atom is 0.223 e. The summed E-state index contributed by atoms with van der Waals surface area (Å²) < 4.78 is 0. The summed E-state index contributed by atoms with van der Waals surface area (Å²) in [6.07, 6.45) is 3.47. The smallest absolute Gasteiger partial charge is 0.223 e. The number of hydrogen-bond donors (Lipinski definition) is 2. The van der Waals surface area contributed by atoms with Crippen molar-refractivity contribution in [1.29, 1.82) is 0 Å². The summed E-state index contributed by atoms with van der Waals surface area (Å²) in [5.74, 6) is 0.226. The largest absolute Gasteiger partial charge is 0.358 e. The number of hydrogen-bond acceptors (Lipinski definition) is 1. The highest BCUT2D eigenvalue weighted by Crippen LogP contribution is 2.31. The standard InChI is InChI=1S/C21H21ClN2O/c22-16-5-3-4-14(12-16)10-11-23-21(25)15-8-9-20-18(13-15)17-6-1-2-7-19(17)24-20/h1-7,12,15,24H,8-11,13H2,(H,23,25). The van der Waals surface area contributed by atoms with Gasteiger partial charge in [-0.15, -0.1) is 0 Å². The average molecular weight is 353 g/mol. The van der Waals surface area contributed by atoms with E-state index < -0.39 is 0 Å². The van der Waals surface area contributed by atoms with E-state index in [9.17, 15) is 4.79 Å². The van der Waals surface area contributed by atoms with Gasteiger partial charge in [-0.2, -0.15) is 0 Å². The van der Waals surface area contributed by atoms with Crippen molar-refractivity contribution in [3.63, 3.8) is 0 Å². The predicted molar refractivity (Wildman–Crippen MR) is 102 cm³/mol. The summed E-state index contributed by atoms with van der Waals surface area (Å²) in [5, 5.41) is 5.10. The lowest BCUT2D eigenvalue weighted by Gasteiger charge is -2.22. The zero-order chi connectivity index (χ0) is 17.2. The number of rotatable bonds is 4. The zero-order valence-electron chi connectivity index (χ0n) is 14.0. The molecule has 0 bridgehead atoms. The Kier molecular flexibility index (Phi) is 4.50. The Labute approximate surface area is 152 Å². The zero-order valence-corrected chi connectivity index (χ0v) is 14.8. The molecule has 1 atom stereocenters. The van der Waals surface area contributed by atoms with Crippen LogP contribution in [-0.2, 0) is 24.1 Å². The van der Waals surface area contributed by atoms with E-state index in [1.54, 1.807) is 0 Å². The van der Waals surface area contributed by atoms with Gasteiger partial charge in [0.15, 0.2) is 0 Å². The normalized spacial score (nSPS) is 16.6. The van der Waals surface area contributed by atoms with Crippen molar-refractivity contribution in [2.24, 2.45) is 5.92 Å². The number of nitrogens with one attached hydrogen (secondary N) is 2. The third-order valence-corrected chi connectivity index (χ3v) is 5.30. The van der Waals surface area contributed by atoms with Gasteiger partial charge in [-0.25, -0.2) is 0 Å². The van der Waals surface area contributed by atoms with Gasteiger partial charge in [-0.1, -0.05) is 41.9 Å². The molecule has 2 N–H and O–H groups in total. The van der Waals surface area contributed by atoms with Crippen LogP contribution in [0.15, 0.2) is 48.5 Å². The Hall–Kier alpha value is -2.26. The van der Waals surface area contributed by atoms with Crippen molar-refractivity contribution >= 4 is 28.4 Å². The minimum Gasteiger partial charge on any atom is -0.358 e. The van der Waals surface area contributed by atoms with Crippen LogP contribution in [0.3, 0.4) is 0 Å². The maximum absolute atomic E-state index is 12.6. The average Bonchev–Trinajstić information content (AvgIpc) is 2.99. The minimum absolute atomic E-state index is 0.0612. The van der Waals surface area contributed by atoms with Gasteiger partial charge in [0.05, 0.1) is 0 Å². The van der Waals surface area contributed by atoms with Crippen molar-refractivity contribution < 1.29 is 4.79 Å². The van der Waals surface area contributed by atoms with Gasteiger partial charge in [0, 0.05) is 34.1 Å². The first-order valence-electron chi connectivity index (χ1n) is 8.81. The quantitative estimate of drug-likeness (QED) is 0.723. The van der Waals surface area contributed by atoms with Crippen LogP contribution in [0, 0.1) is 5.92 Å². The summed E-state index contributed by atoms with van der Waals surface area (Å²) in [6.45, 7) is 0.649. The van der Waals surface area contributed by atoms with Crippen LogP contribution < -0.4 is 5.32 Å². The van der Waals surface area contributed by atoms with Gasteiger partial charge in [0.2, 0.25) is 5.91 Å². The number of carbonyl (C=O) groups excluding carboxylic acids is 1. The highest BCUT2D eigenvalue weighted by atomic mass is 35.5. The summed E-state index contributed by atoms with van der Waals surface area (Å²) >= 11 is 6.00. The van der Waals surface area contributed by atoms with Crippen molar-refractivity contribution in [2.45, 2.75) is 25.7 Å². The molecule has 0 spiro atoms. The highest BCUT2D eigenvalue weighted by Gasteiger charge is 2.26. The van der Waals surface area contributed by atoms with Crippen molar-refractivity contribution in [3.05, 3.63) is 70.4 Å². The fourth-order valence-corrected chi connectivity index (χ4v) is 3.97. The molecular formula is C21H21ClN2O. The van der Waals surface area contributed by atoms with Gasteiger partial charge in [-0.05, 0) is 55.0 Å². The fraction of sp³-hybridized carbons (Fsp3) is 0.286. The lowest BCUT2D eigenvalue weighted by Crippen LogP contribution is -2.35. The molecule has 3 nitrogen and oxygen atoms in total. The molecule has 1 heterocycles. The van der Waals surface area contributed by atoms with Crippen molar-refractivity contribution in [3.8, 4) is 0 Å². The molecule has 4 rings (SSSR count). The molecule has 0 radical (unpaired) electrons. The van der Waals surface area contributed by atoms with E-state index in [-0.39, 0.29) is 11.8 Å². The number of aromatic amines is 1. The molecule has 0 saturated heterocycles. The molecule has 0 aliphatic heterocycles. The molecule has 0 saturated carbocycles. The third kappa shape index (κ3) is 3.42. The fourth-order valence-electron chi connectivity index (χ4n) is 3.76. The molecule has 1 amide bonds. The first-order valence-corrected chi connectivity index (χ1v) is 9.19. The SMILES string of the molecule is O=C(NCCc1cccc(Cl)c1)C1CCc2[nH]c3ccccc3c2C1. The van der Waals surface area contributed by atoms with Crippen LogP contribution >= 0.6 is 11.6 Å².